The Bertz CT molecular complexity index is 500. The Morgan fingerprint density at radius 2 is 1.75 bits per heavy atom. The molecule has 0 unspecified atom stereocenters. The molecule has 1 rings (SSSR count). The Labute approximate surface area is 117 Å². The molecule has 3 nitrogen and oxygen atoms in total. The van der Waals surface area contributed by atoms with E-state index in [0.29, 0.717) is 6.07 Å². The van der Waals surface area contributed by atoms with Crippen LogP contribution in [0.25, 0.3) is 0 Å². The summed E-state index contributed by atoms with van der Waals surface area (Å²) in [5.74, 6) is -1.89. The molecule has 0 heterocycles. The molecular formula is C10H6BrF6NO2. The van der Waals surface area contributed by atoms with Gasteiger partial charge in [0.1, 0.15) is 12.3 Å². The van der Waals surface area contributed by atoms with E-state index in [1.165, 1.54) is 5.32 Å². The average molecular weight is 366 g/mol. The quantitative estimate of drug-likeness (QED) is 0.830. The molecule has 20 heavy (non-hydrogen) atoms. The molecule has 112 valence electrons. The van der Waals surface area contributed by atoms with E-state index in [0.717, 1.165) is 12.1 Å². The van der Waals surface area contributed by atoms with Crippen LogP contribution < -0.4 is 10.1 Å². The van der Waals surface area contributed by atoms with Gasteiger partial charge in [-0.1, -0.05) is 15.9 Å². The molecule has 0 radical (unpaired) electrons. The molecule has 1 amide bonds. The van der Waals surface area contributed by atoms with Crippen LogP contribution in [0.15, 0.2) is 22.7 Å². The van der Waals surface area contributed by atoms with Crippen molar-refractivity contribution in [1.29, 1.82) is 0 Å². The fourth-order valence-electron chi connectivity index (χ4n) is 1.17. The summed E-state index contributed by atoms with van der Waals surface area (Å²) in [5, 5.41) is 1.53. The summed E-state index contributed by atoms with van der Waals surface area (Å²) in [4.78, 5) is 11.4. The Morgan fingerprint density at radius 1 is 1.15 bits per heavy atom. The molecule has 0 aromatic heterocycles. The van der Waals surface area contributed by atoms with Gasteiger partial charge in [-0.25, -0.2) is 0 Å². The summed E-state index contributed by atoms with van der Waals surface area (Å²) in [6, 6.07) is 2.67. The minimum atomic E-state index is -4.97. The summed E-state index contributed by atoms with van der Waals surface area (Å²) in [6.07, 6.45) is -9.59. The minimum absolute atomic E-state index is 0.0522. The Balaban J connectivity index is 2.87. The Morgan fingerprint density at radius 3 is 2.25 bits per heavy atom. The molecule has 0 saturated carbocycles. The van der Waals surface area contributed by atoms with E-state index in [9.17, 15) is 31.1 Å². The highest BCUT2D eigenvalue weighted by atomic mass is 79.9. The predicted octanol–water partition coefficient (Wildman–Crippen LogP) is 3.64. The van der Waals surface area contributed by atoms with Gasteiger partial charge in [-0.15, -0.1) is 13.2 Å². The SMILES string of the molecule is O=C(NCC(F)(F)F)c1cc(Br)cc(OC(F)(F)F)c1. The maximum Gasteiger partial charge on any atom is 0.573 e. The van der Waals surface area contributed by atoms with Crippen LogP contribution in [-0.4, -0.2) is 25.0 Å². The predicted molar refractivity (Wildman–Crippen MR) is 59.2 cm³/mol. The second kappa shape index (κ2) is 5.90. The second-order valence-corrected chi connectivity index (χ2v) is 4.44. The molecule has 0 atom stereocenters. The number of benzene rings is 1. The molecule has 0 spiro atoms. The molecule has 0 aliphatic rings. The van der Waals surface area contributed by atoms with Gasteiger partial charge in [0.15, 0.2) is 0 Å². The van der Waals surface area contributed by atoms with E-state index >= 15 is 0 Å². The van der Waals surface area contributed by atoms with E-state index < -0.39 is 36.3 Å². The van der Waals surface area contributed by atoms with Crippen molar-refractivity contribution in [3.8, 4) is 5.75 Å². The highest BCUT2D eigenvalue weighted by Crippen LogP contribution is 2.27. The maximum atomic E-state index is 12.0. The third kappa shape index (κ3) is 6.13. The summed E-state index contributed by atoms with van der Waals surface area (Å²) < 4.78 is 75.5. The van der Waals surface area contributed by atoms with E-state index in [1.807, 2.05) is 0 Å². The van der Waals surface area contributed by atoms with Crippen LogP contribution in [-0.2, 0) is 0 Å². The number of hydrogen-bond acceptors (Lipinski definition) is 2. The highest BCUT2D eigenvalue weighted by Gasteiger charge is 2.32. The van der Waals surface area contributed by atoms with Crippen LogP contribution in [0, 0.1) is 0 Å². The fourth-order valence-corrected chi connectivity index (χ4v) is 1.64. The molecule has 0 fully saturated rings. The summed E-state index contributed by atoms with van der Waals surface area (Å²) in [5.41, 5.74) is -0.400. The maximum absolute atomic E-state index is 12.0. The highest BCUT2D eigenvalue weighted by molar-refractivity contribution is 9.10. The second-order valence-electron chi connectivity index (χ2n) is 3.52. The molecule has 1 aromatic carbocycles. The first-order valence-electron chi connectivity index (χ1n) is 4.87. The number of alkyl halides is 6. The van der Waals surface area contributed by atoms with Crippen LogP contribution >= 0.6 is 15.9 Å². The van der Waals surface area contributed by atoms with Gasteiger partial charge in [-0.05, 0) is 18.2 Å². The molecular weight excluding hydrogens is 360 g/mol. The Hall–Kier alpha value is -1.45. The zero-order chi connectivity index (χ0) is 15.6. The molecule has 0 aliphatic heterocycles. The number of carbonyl (C=O) groups is 1. The molecule has 10 heteroatoms. The fraction of sp³-hybridized carbons (Fsp3) is 0.300. The van der Waals surface area contributed by atoms with Crippen LogP contribution in [0.4, 0.5) is 26.3 Å². The summed E-state index contributed by atoms with van der Waals surface area (Å²) >= 11 is 2.83. The van der Waals surface area contributed by atoms with E-state index in [4.69, 9.17) is 0 Å². The van der Waals surface area contributed by atoms with Crippen molar-refractivity contribution in [1.82, 2.24) is 5.32 Å². The molecule has 0 bridgehead atoms. The lowest BCUT2D eigenvalue weighted by atomic mass is 10.2. The number of hydrogen-bond donors (Lipinski definition) is 1. The number of rotatable bonds is 3. The van der Waals surface area contributed by atoms with Gasteiger partial charge in [0, 0.05) is 10.0 Å². The van der Waals surface area contributed by atoms with Gasteiger partial charge >= 0.3 is 12.5 Å². The third-order valence-corrected chi connectivity index (χ3v) is 2.27. The van der Waals surface area contributed by atoms with Gasteiger partial charge in [0.2, 0.25) is 0 Å². The first-order chi connectivity index (χ1) is 8.96. The summed E-state index contributed by atoms with van der Waals surface area (Å²) in [6.45, 7) is -1.59. The van der Waals surface area contributed by atoms with Gasteiger partial charge in [-0.3, -0.25) is 4.79 Å². The van der Waals surface area contributed by atoms with E-state index in [1.54, 1.807) is 0 Å². The van der Waals surface area contributed by atoms with Crippen molar-refractivity contribution in [3.63, 3.8) is 0 Å². The largest absolute Gasteiger partial charge is 0.573 e. The third-order valence-electron chi connectivity index (χ3n) is 1.82. The molecule has 0 saturated heterocycles. The number of carbonyl (C=O) groups excluding carboxylic acids is 1. The zero-order valence-electron chi connectivity index (χ0n) is 9.40. The van der Waals surface area contributed by atoms with Crippen molar-refractivity contribution in [2.45, 2.75) is 12.5 Å². The lowest BCUT2D eigenvalue weighted by molar-refractivity contribution is -0.274. The van der Waals surface area contributed by atoms with Crippen molar-refractivity contribution in [3.05, 3.63) is 28.2 Å². The Kier molecular flexibility index (Phi) is 4.90. The average Bonchev–Trinajstić information content (AvgIpc) is 2.21. The van der Waals surface area contributed by atoms with Crippen molar-refractivity contribution in [2.24, 2.45) is 0 Å². The van der Waals surface area contributed by atoms with E-state index in [2.05, 4.69) is 20.7 Å². The van der Waals surface area contributed by atoms with E-state index in [-0.39, 0.29) is 4.47 Å². The van der Waals surface area contributed by atoms with Crippen LogP contribution in [0.2, 0.25) is 0 Å². The number of amides is 1. The van der Waals surface area contributed by atoms with Gasteiger partial charge < -0.3 is 10.1 Å². The van der Waals surface area contributed by atoms with Crippen LogP contribution in [0.5, 0.6) is 5.75 Å². The van der Waals surface area contributed by atoms with Gasteiger partial charge in [0.25, 0.3) is 5.91 Å². The lowest BCUT2D eigenvalue weighted by Gasteiger charge is -2.12. The van der Waals surface area contributed by atoms with Crippen LogP contribution in [0.3, 0.4) is 0 Å². The normalized spacial score (nSPS) is 12.2. The molecule has 1 N–H and O–H groups in total. The lowest BCUT2D eigenvalue weighted by Crippen LogP contribution is -2.33. The number of nitrogens with one attached hydrogen (secondary N) is 1. The smallest absolute Gasteiger partial charge is 0.406 e. The van der Waals surface area contributed by atoms with Crippen molar-refractivity contribution < 1.29 is 35.9 Å². The topological polar surface area (TPSA) is 38.3 Å². The first kappa shape index (κ1) is 16.6. The standard InChI is InChI=1S/C10H6BrF6NO2/c11-6-1-5(8(19)18-4-9(12,13)14)2-7(3-6)20-10(15,16)17/h1-3H,4H2,(H,18,19). The number of ether oxygens (including phenoxy) is 1. The number of halogens is 7. The van der Waals surface area contributed by atoms with Crippen LogP contribution in [0.1, 0.15) is 10.4 Å². The van der Waals surface area contributed by atoms with Crippen molar-refractivity contribution >= 4 is 21.8 Å². The van der Waals surface area contributed by atoms with Gasteiger partial charge in [-0.2, -0.15) is 13.2 Å². The summed E-state index contributed by atoms with van der Waals surface area (Å²) in [7, 11) is 0. The minimum Gasteiger partial charge on any atom is -0.406 e. The molecule has 0 aliphatic carbocycles. The zero-order valence-corrected chi connectivity index (χ0v) is 11.0. The first-order valence-corrected chi connectivity index (χ1v) is 5.67. The monoisotopic (exact) mass is 365 g/mol. The van der Waals surface area contributed by atoms with Gasteiger partial charge in [0.05, 0.1) is 0 Å². The molecule has 1 aromatic rings. The van der Waals surface area contributed by atoms with Crippen molar-refractivity contribution in [2.75, 3.05) is 6.54 Å².